The molecular formula is C19H23N3O. The number of hydrogen-bond donors (Lipinski definition) is 1. The van der Waals surface area contributed by atoms with Crippen molar-refractivity contribution in [2.45, 2.75) is 39.4 Å². The van der Waals surface area contributed by atoms with Gasteiger partial charge in [0.05, 0.1) is 11.7 Å². The molecule has 2 atom stereocenters. The third-order valence-corrected chi connectivity index (χ3v) is 4.24. The van der Waals surface area contributed by atoms with Crippen LogP contribution in [-0.4, -0.2) is 23.1 Å². The zero-order valence-electron chi connectivity index (χ0n) is 13.9. The zero-order valence-corrected chi connectivity index (χ0v) is 13.9. The third kappa shape index (κ3) is 3.16. The monoisotopic (exact) mass is 309 g/mol. The van der Waals surface area contributed by atoms with Gasteiger partial charge in [-0.05, 0) is 38.1 Å². The van der Waals surface area contributed by atoms with Gasteiger partial charge in [0.1, 0.15) is 6.17 Å². The molecule has 2 aromatic rings. The Kier molecular flexibility index (Phi) is 4.24. The van der Waals surface area contributed by atoms with Gasteiger partial charge in [0.15, 0.2) is 0 Å². The Hall–Kier alpha value is -2.49. The fourth-order valence-electron chi connectivity index (χ4n) is 3.18. The Morgan fingerprint density at radius 1 is 1.09 bits per heavy atom. The maximum absolute atomic E-state index is 12.3. The number of carbonyl (C=O) groups is 1. The molecule has 120 valence electrons. The van der Waals surface area contributed by atoms with Gasteiger partial charge in [0.2, 0.25) is 5.91 Å². The zero-order chi connectivity index (χ0) is 16.4. The van der Waals surface area contributed by atoms with Gasteiger partial charge in [0, 0.05) is 19.0 Å². The van der Waals surface area contributed by atoms with Gasteiger partial charge in [-0.1, -0.05) is 35.9 Å². The highest BCUT2D eigenvalue weighted by atomic mass is 16.2. The quantitative estimate of drug-likeness (QED) is 0.937. The Bertz CT molecular complexity index is 669. The van der Waals surface area contributed by atoms with E-state index >= 15 is 0 Å². The van der Waals surface area contributed by atoms with E-state index in [1.807, 2.05) is 35.3 Å². The van der Waals surface area contributed by atoms with Crippen LogP contribution in [0.3, 0.4) is 0 Å². The van der Waals surface area contributed by atoms with Crippen LogP contribution in [0.2, 0.25) is 0 Å². The highest BCUT2D eigenvalue weighted by molar-refractivity contribution is 5.77. The molecule has 4 nitrogen and oxygen atoms in total. The predicted octanol–water partition coefficient (Wildman–Crippen LogP) is 3.80. The summed E-state index contributed by atoms with van der Waals surface area (Å²) in [6.07, 6.45) is 0.841. The molecular weight excluding hydrogens is 286 g/mol. The molecule has 0 saturated carbocycles. The average molecular weight is 309 g/mol. The Labute approximate surface area is 137 Å². The standard InChI is InChI=1S/C19H23N3O/c1-14-9-11-17(12-10-14)20-19-13-15(2)21(22(19)16(3)23)18-7-5-4-6-8-18/h4-12,15,19-20H,13H2,1-3H3. The van der Waals surface area contributed by atoms with Gasteiger partial charge in [0.25, 0.3) is 0 Å². The summed E-state index contributed by atoms with van der Waals surface area (Å²) in [5.74, 6) is 0.0443. The van der Waals surface area contributed by atoms with Crippen LogP contribution < -0.4 is 10.3 Å². The summed E-state index contributed by atoms with van der Waals surface area (Å²) >= 11 is 0. The van der Waals surface area contributed by atoms with Crippen molar-refractivity contribution in [1.29, 1.82) is 0 Å². The Balaban J connectivity index is 1.86. The number of para-hydroxylation sites is 1. The highest BCUT2D eigenvalue weighted by Crippen LogP contribution is 2.31. The average Bonchev–Trinajstić information content (AvgIpc) is 2.87. The van der Waals surface area contributed by atoms with Crippen LogP contribution in [0.1, 0.15) is 25.8 Å². The summed E-state index contributed by atoms with van der Waals surface area (Å²) in [5.41, 5.74) is 3.31. The highest BCUT2D eigenvalue weighted by Gasteiger charge is 2.38. The first-order valence-corrected chi connectivity index (χ1v) is 8.03. The molecule has 0 aromatic heterocycles. The summed E-state index contributed by atoms with van der Waals surface area (Å²) in [5, 5.41) is 7.42. The van der Waals surface area contributed by atoms with E-state index in [-0.39, 0.29) is 18.1 Å². The molecule has 3 rings (SSSR count). The predicted molar refractivity (Wildman–Crippen MR) is 94.1 cm³/mol. The molecule has 1 aliphatic rings. The second kappa shape index (κ2) is 6.32. The van der Waals surface area contributed by atoms with Crippen LogP contribution in [0.4, 0.5) is 11.4 Å². The number of amides is 1. The van der Waals surface area contributed by atoms with E-state index in [1.54, 1.807) is 6.92 Å². The summed E-state index contributed by atoms with van der Waals surface area (Å²) in [4.78, 5) is 12.3. The molecule has 1 N–H and O–H groups in total. The Morgan fingerprint density at radius 3 is 2.35 bits per heavy atom. The molecule has 0 aliphatic carbocycles. The van der Waals surface area contributed by atoms with Crippen LogP contribution in [0.15, 0.2) is 54.6 Å². The van der Waals surface area contributed by atoms with E-state index in [4.69, 9.17) is 0 Å². The number of nitrogens with zero attached hydrogens (tertiary/aromatic N) is 2. The molecule has 23 heavy (non-hydrogen) atoms. The van der Waals surface area contributed by atoms with Gasteiger partial charge in [-0.2, -0.15) is 0 Å². The molecule has 0 radical (unpaired) electrons. The first-order chi connectivity index (χ1) is 11.1. The molecule has 0 bridgehead atoms. The lowest BCUT2D eigenvalue weighted by molar-refractivity contribution is -0.129. The number of hydrazine groups is 1. The fraction of sp³-hybridized carbons (Fsp3) is 0.316. The number of hydrogen-bond acceptors (Lipinski definition) is 3. The number of aryl methyl sites for hydroxylation is 1. The van der Waals surface area contributed by atoms with E-state index < -0.39 is 0 Å². The van der Waals surface area contributed by atoms with Crippen molar-refractivity contribution in [2.75, 3.05) is 10.3 Å². The summed E-state index contributed by atoms with van der Waals surface area (Å²) in [6.45, 7) is 5.85. The third-order valence-electron chi connectivity index (χ3n) is 4.24. The van der Waals surface area contributed by atoms with Crippen molar-refractivity contribution in [3.8, 4) is 0 Å². The summed E-state index contributed by atoms with van der Waals surface area (Å²) in [7, 11) is 0. The van der Waals surface area contributed by atoms with Gasteiger partial charge in [-0.25, -0.2) is 5.01 Å². The number of benzene rings is 2. The molecule has 1 saturated heterocycles. The van der Waals surface area contributed by atoms with Crippen molar-refractivity contribution in [1.82, 2.24) is 5.01 Å². The van der Waals surface area contributed by atoms with Crippen LogP contribution in [0, 0.1) is 6.92 Å². The van der Waals surface area contributed by atoms with E-state index in [0.717, 1.165) is 17.8 Å². The van der Waals surface area contributed by atoms with Crippen LogP contribution in [0.25, 0.3) is 0 Å². The maximum Gasteiger partial charge on any atom is 0.239 e. The smallest absolute Gasteiger partial charge is 0.239 e. The van der Waals surface area contributed by atoms with Gasteiger partial charge < -0.3 is 5.32 Å². The van der Waals surface area contributed by atoms with E-state index in [0.29, 0.717) is 0 Å². The van der Waals surface area contributed by atoms with Crippen molar-refractivity contribution in [3.05, 3.63) is 60.2 Å². The van der Waals surface area contributed by atoms with E-state index in [9.17, 15) is 4.79 Å². The molecule has 2 unspecified atom stereocenters. The lowest BCUT2D eigenvalue weighted by Crippen LogP contribution is -2.48. The summed E-state index contributed by atoms with van der Waals surface area (Å²) < 4.78 is 0. The number of carbonyl (C=O) groups excluding carboxylic acids is 1. The maximum atomic E-state index is 12.3. The van der Waals surface area contributed by atoms with Crippen molar-refractivity contribution >= 4 is 17.3 Å². The first-order valence-electron chi connectivity index (χ1n) is 8.03. The van der Waals surface area contributed by atoms with E-state index in [2.05, 4.69) is 48.4 Å². The SMILES string of the molecule is CC(=O)N1C(Nc2ccc(C)cc2)CC(C)N1c1ccccc1. The topological polar surface area (TPSA) is 35.6 Å². The van der Waals surface area contributed by atoms with Crippen LogP contribution in [-0.2, 0) is 4.79 Å². The van der Waals surface area contributed by atoms with Gasteiger partial charge in [-0.15, -0.1) is 0 Å². The van der Waals surface area contributed by atoms with Gasteiger partial charge >= 0.3 is 0 Å². The van der Waals surface area contributed by atoms with E-state index in [1.165, 1.54) is 5.56 Å². The Morgan fingerprint density at radius 2 is 1.74 bits per heavy atom. The number of nitrogens with one attached hydrogen (secondary N) is 1. The second-order valence-corrected chi connectivity index (χ2v) is 6.15. The lowest BCUT2D eigenvalue weighted by Gasteiger charge is -2.35. The van der Waals surface area contributed by atoms with Crippen molar-refractivity contribution in [2.24, 2.45) is 0 Å². The second-order valence-electron chi connectivity index (χ2n) is 6.15. The molecule has 1 aliphatic heterocycles. The molecule has 4 heteroatoms. The molecule has 0 spiro atoms. The molecule has 2 aromatic carbocycles. The normalized spacial score (nSPS) is 20.7. The van der Waals surface area contributed by atoms with Crippen molar-refractivity contribution < 1.29 is 4.79 Å². The molecule has 1 amide bonds. The van der Waals surface area contributed by atoms with Crippen molar-refractivity contribution in [3.63, 3.8) is 0 Å². The first kappa shape index (κ1) is 15.4. The van der Waals surface area contributed by atoms with Gasteiger partial charge in [-0.3, -0.25) is 9.80 Å². The number of anilines is 2. The lowest BCUT2D eigenvalue weighted by atomic mass is 10.2. The molecule has 1 heterocycles. The minimum Gasteiger partial charge on any atom is -0.364 e. The number of rotatable bonds is 3. The van der Waals surface area contributed by atoms with Crippen LogP contribution >= 0.6 is 0 Å². The minimum atomic E-state index is -0.0367. The summed E-state index contributed by atoms with van der Waals surface area (Å²) in [6, 6.07) is 18.6. The largest absolute Gasteiger partial charge is 0.364 e. The fourth-order valence-corrected chi connectivity index (χ4v) is 3.18. The molecule has 1 fully saturated rings. The minimum absolute atomic E-state index is 0.0367. The van der Waals surface area contributed by atoms with Crippen LogP contribution in [0.5, 0.6) is 0 Å².